The molecular weight excluding hydrogens is 230 g/mol. The predicted octanol–water partition coefficient (Wildman–Crippen LogP) is 2.56. The first-order chi connectivity index (χ1) is 8.70. The summed E-state index contributed by atoms with van der Waals surface area (Å²) < 4.78 is 10.2. The van der Waals surface area contributed by atoms with E-state index >= 15 is 0 Å². The summed E-state index contributed by atoms with van der Waals surface area (Å²) >= 11 is 0. The normalized spacial score (nSPS) is 10.1. The molecule has 0 radical (unpaired) electrons. The van der Waals surface area contributed by atoms with E-state index in [1.165, 1.54) is 6.26 Å². The zero-order valence-corrected chi connectivity index (χ0v) is 10.4. The van der Waals surface area contributed by atoms with Gasteiger partial charge in [0.2, 0.25) is 0 Å². The van der Waals surface area contributed by atoms with Crippen LogP contribution < -0.4 is 4.74 Å². The zero-order valence-electron chi connectivity index (χ0n) is 10.4. The van der Waals surface area contributed by atoms with Gasteiger partial charge in [0, 0.05) is 13.6 Å². The van der Waals surface area contributed by atoms with Gasteiger partial charge in [-0.15, -0.1) is 0 Å². The van der Waals surface area contributed by atoms with Gasteiger partial charge in [0.25, 0.3) is 5.91 Å². The topological polar surface area (TPSA) is 42.7 Å². The number of ether oxygens (including phenoxy) is 1. The lowest BCUT2D eigenvalue weighted by molar-refractivity contribution is 0.0753. The molecule has 1 aromatic heterocycles. The summed E-state index contributed by atoms with van der Waals surface area (Å²) in [5, 5.41) is 0. The van der Waals surface area contributed by atoms with Crippen molar-refractivity contribution in [2.24, 2.45) is 0 Å². The summed E-state index contributed by atoms with van der Waals surface area (Å²) in [6, 6.07) is 11.0. The van der Waals surface area contributed by atoms with Crippen LogP contribution in [0.1, 0.15) is 16.1 Å². The fraction of sp³-hybridized carbons (Fsp3) is 0.214. The van der Waals surface area contributed by atoms with Crippen molar-refractivity contribution in [3.63, 3.8) is 0 Å². The Hall–Kier alpha value is -2.23. The minimum atomic E-state index is -0.136. The first kappa shape index (κ1) is 12.2. The minimum Gasteiger partial charge on any atom is -0.497 e. The van der Waals surface area contributed by atoms with Gasteiger partial charge < -0.3 is 14.1 Å². The maximum absolute atomic E-state index is 12.0. The highest BCUT2D eigenvalue weighted by atomic mass is 16.5. The molecule has 0 fully saturated rings. The Morgan fingerprint density at radius 2 is 2.17 bits per heavy atom. The van der Waals surface area contributed by atoms with Crippen LogP contribution in [-0.4, -0.2) is 25.0 Å². The second-order valence-corrected chi connectivity index (χ2v) is 3.99. The van der Waals surface area contributed by atoms with Crippen LogP contribution in [0.3, 0.4) is 0 Å². The van der Waals surface area contributed by atoms with Crippen LogP contribution in [0.4, 0.5) is 0 Å². The standard InChI is InChI=1S/C14H15NO3/c1-15(14(16)13-7-4-8-18-13)10-11-5-3-6-12(9-11)17-2/h3-9H,10H2,1-2H3. The number of amides is 1. The number of furan rings is 1. The smallest absolute Gasteiger partial charge is 0.289 e. The van der Waals surface area contributed by atoms with Crippen molar-refractivity contribution in [3.8, 4) is 5.75 Å². The van der Waals surface area contributed by atoms with E-state index in [1.54, 1.807) is 31.2 Å². The molecule has 0 bridgehead atoms. The molecule has 1 amide bonds. The quantitative estimate of drug-likeness (QED) is 0.831. The summed E-state index contributed by atoms with van der Waals surface area (Å²) in [4.78, 5) is 13.6. The average molecular weight is 245 g/mol. The second-order valence-electron chi connectivity index (χ2n) is 3.99. The zero-order chi connectivity index (χ0) is 13.0. The highest BCUT2D eigenvalue weighted by Gasteiger charge is 2.14. The maximum Gasteiger partial charge on any atom is 0.289 e. The number of rotatable bonds is 4. The van der Waals surface area contributed by atoms with Crippen molar-refractivity contribution in [1.29, 1.82) is 0 Å². The van der Waals surface area contributed by atoms with Crippen LogP contribution in [0, 0.1) is 0 Å². The van der Waals surface area contributed by atoms with E-state index in [4.69, 9.17) is 9.15 Å². The summed E-state index contributed by atoms with van der Waals surface area (Å²) in [7, 11) is 3.36. The molecule has 0 N–H and O–H groups in total. The number of hydrogen-bond donors (Lipinski definition) is 0. The summed E-state index contributed by atoms with van der Waals surface area (Å²) in [6.07, 6.45) is 1.49. The number of carbonyl (C=O) groups is 1. The first-order valence-electron chi connectivity index (χ1n) is 5.62. The molecule has 0 saturated heterocycles. The summed E-state index contributed by atoms with van der Waals surface area (Å²) in [5.41, 5.74) is 1.01. The Balaban J connectivity index is 2.06. The highest BCUT2D eigenvalue weighted by molar-refractivity contribution is 5.91. The fourth-order valence-electron chi connectivity index (χ4n) is 1.70. The van der Waals surface area contributed by atoms with Crippen LogP contribution in [-0.2, 0) is 6.54 Å². The molecule has 2 rings (SSSR count). The molecule has 0 aliphatic carbocycles. The Morgan fingerprint density at radius 3 is 2.83 bits per heavy atom. The van der Waals surface area contributed by atoms with Gasteiger partial charge in [-0.3, -0.25) is 4.79 Å². The van der Waals surface area contributed by atoms with Crippen molar-refractivity contribution in [2.45, 2.75) is 6.54 Å². The Morgan fingerprint density at radius 1 is 1.33 bits per heavy atom. The van der Waals surface area contributed by atoms with E-state index in [-0.39, 0.29) is 5.91 Å². The van der Waals surface area contributed by atoms with Crippen LogP contribution in [0.25, 0.3) is 0 Å². The molecular formula is C14H15NO3. The van der Waals surface area contributed by atoms with Gasteiger partial charge in [0.15, 0.2) is 5.76 Å². The van der Waals surface area contributed by atoms with Crippen LogP contribution >= 0.6 is 0 Å². The number of nitrogens with zero attached hydrogens (tertiary/aromatic N) is 1. The van der Waals surface area contributed by atoms with Crippen LogP contribution in [0.15, 0.2) is 47.1 Å². The monoisotopic (exact) mass is 245 g/mol. The van der Waals surface area contributed by atoms with Crippen molar-refractivity contribution < 1.29 is 13.9 Å². The van der Waals surface area contributed by atoms with Crippen LogP contribution in [0.5, 0.6) is 5.75 Å². The first-order valence-corrected chi connectivity index (χ1v) is 5.62. The lowest BCUT2D eigenvalue weighted by Gasteiger charge is -2.16. The van der Waals surface area contributed by atoms with E-state index in [0.29, 0.717) is 12.3 Å². The van der Waals surface area contributed by atoms with E-state index in [1.807, 2.05) is 24.3 Å². The third kappa shape index (κ3) is 2.71. The maximum atomic E-state index is 12.0. The van der Waals surface area contributed by atoms with Crippen molar-refractivity contribution >= 4 is 5.91 Å². The molecule has 0 spiro atoms. The number of carbonyl (C=O) groups excluding carboxylic acids is 1. The van der Waals surface area contributed by atoms with Gasteiger partial charge >= 0.3 is 0 Å². The molecule has 1 heterocycles. The van der Waals surface area contributed by atoms with Gasteiger partial charge in [0.05, 0.1) is 13.4 Å². The molecule has 1 aromatic carbocycles. The minimum absolute atomic E-state index is 0.136. The van der Waals surface area contributed by atoms with Gasteiger partial charge in [-0.2, -0.15) is 0 Å². The summed E-state index contributed by atoms with van der Waals surface area (Å²) in [6.45, 7) is 0.511. The van der Waals surface area contributed by atoms with Crippen LogP contribution in [0.2, 0.25) is 0 Å². The fourth-order valence-corrected chi connectivity index (χ4v) is 1.70. The molecule has 18 heavy (non-hydrogen) atoms. The van der Waals surface area contributed by atoms with Gasteiger partial charge in [-0.1, -0.05) is 12.1 Å². The Bertz CT molecular complexity index is 520. The molecule has 0 atom stereocenters. The molecule has 2 aromatic rings. The molecule has 94 valence electrons. The Kier molecular flexibility index (Phi) is 3.67. The lowest BCUT2D eigenvalue weighted by atomic mass is 10.2. The highest BCUT2D eigenvalue weighted by Crippen LogP contribution is 2.15. The second kappa shape index (κ2) is 5.40. The van der Waals surface area contributed by atoms with E-state index in [9.17, 15) is 4.79 Å². The van der Waals surface area contributed by atoms with Crippen molar-refractivity contribution in [3.05, 3.63) is 54.0 Å². The van der Waals surface area contributed by atoms with Gasteiger partial charge in [0.1, 0.15) is 5.75 Å². The van der Waals surface area contributed by atoms with E-state index in [0.717, 1.165) is 11.3 Å². The third-order valence-electron chi connectivity index (χ3n) is 2.63. The molecule has 0 aliphatic rings. The van der Waals surface area contributed by atoms with Gasteiger partial charge in [-0.05, 0) is 29.8 Å². The van der Waals surface area contributed by atoms with E-state index in [2.05, 4.69) is 0 Å². The Labute approximate surface area is 106 Å². The molecule has 0 aliphatic heterocycles. The van der Waals surface area contributed by atoms with Crippen molar-refractivity contribution in [1.82, 2.24) is 4.90 Å². The summed E-state index contributed by atoms with van der Waals surface area (Å²) in [5.74, 6) is 0.995. The van der Waals surface area contributed by atoms with Gasteiger partial charge in [-0.25, -0.2) is 0 Å². The number of benzene rings is 1. The lowest BCUT2D eigenvalue weighted by Crippen LogP contribution is -2.25. The van der Waals surface area contributed by atoms with Crippen molar-refractivity contribution in [2.75, 3.05) is 14.2 Å². The third-order valence-corrected chi connectivity index (χ3v) is 2.63. The molecule has 4 nitrogen and oxygen atoms in total. The molecule has 0 saturated carbocycles. The average Bonchev–Trinajstić information content (AvgIpc) is 2.92. The number of methoxy groups -OCH3 is 1. The molecule has 4 heteroatoms. The SMILES string of the molecule is COc1cccc(CN(C)C(=O)c2ccco2)c1. The largest absolute Gasteiger partial charge is 0.497 e. The number of hydrogen-bond acceptors (Lipinski definition) is 3. The molecule has 0 unspecified atom stereocenters. The van der Waals surface area contributed by atoms with E-state index < -0.39 is 0 Å². The predicted molar refractivity (Wildman–Crippen MR) is 67.5 cm³/mol.